The van der Waals surface area contributed by atoms with Crippen LogP contribution >= 0.6 is 0 Å². The highest BCUT2D eigenvalue weighted by molar-refractivity contribution is 5.97. The molecule has 3 heterocycles. The fourth-order valence-electron chi connectivity index (χ4n) is 4.16. The Labute approximate surface area is 221 Å². The van der Waals surface area contributed by atoms with E-state index < -0.39 is 23.9 Å². The third-order valence-corrected chi connectivity index (χ3v) is 6.46. The number of amides is 2. The summed E-state index contributed by atoms with van der Waals surface area (Å²) in [5.74, 6) is 4.50. The SMILES string of the molecule is C[C@@H]1CN([C@@H](C)CO)C(=O)c2cc(C#Cc3ccncc3)cnc2O[C@H]1CN(C)C(=O)c1ccccc1F. The summed E-state index contributed by atoms with van der Waals surface area (Å²) in [5.41, 5.74) is 1.47. The molecule has 1 aromatic carbocycles. The number of aliphatic hydroxyl groups excluding tert-OH is 1. The Hall–Kier alpha value is -4.29. The first-order valence-electron chi connectivity index (χ1n) is 12.3. The molecule has 38 heavy (non-hydrogen) atoms. The third-order valence-electron chi connectivity index (χ3n) is 6.46. The lowest BCUT2D eigenvalue weighted by molar-refractivity contribution is 0.0312. The van der Waals surface area contributed by atoms with E-state index in [9.17, 15) is 19.1 Å². The summed E-state index contributed by atoms with van der Waals surface area (Å²) in [6, 6.07) is 10.5. The average Bonchev–Trinajstić information content (AvgIpc) is 2.93. The number of benzene rings is 1. The van der Waals surface area contributed by atoms with Crippen molar-refractivity contribution in [2.45, 2.75) is 26.0 Å². The van der Waals surface area contributed by atoms with Crippen LogP contribution in [0.1, 0.15) is 45.7 Å². The van der Waals surface area contributed by atoms with Gasteiger partial charge in [-0.1, -0.05) is 30.9 Å². The highest BCUT2D eigenvalue weighted by Gasteiger charge is 2.35. The van der Waals surface area contributed by atoms with E-state index in [1.165, 1.54) is 29.3 Å². The maximum atomic E-state index is 14.2. The predicted octanol–water partition coefficient (Wildman–Crippen LogP) is 3.01. The molecule has 196 valence electrons. The van der Waals surface area contributed by atoms with E-state index in [0.29, 0.717) is 5.56 Å². The number of halogens is 1. The molecule has 9 heteroatoms. The van der Waals surface area contributed by atoms with Crippen molar-refractivity contribution < 1.29 is 23.8 Å². The zero-order chi connectivity index (χ0) is 27.2. The number of nitrogens with zero attached hydrogens (tertiary/aromatic N) is 4. The normalized spacial score (nSPS) is 17.7. The Balaban J connectivity index is 1.66. The molecular weight excluding hydrogens is 487 g/mol. The van der Waals surface area contributed by atoms with Crippen molar-refractivity contribution in [3.8, 4) is 17.7 Å². The summed E-state index contributed by atoms with van der Waals surface area (Å²) in [5, 5.41) is 9.85. The molecule has 0 fully saturated rings. The first-order valence-corrected chi connectivity index (χ1v) is 12.3. The Bertz CT molecular complexity index is 1370. The van der Waals surface area contributed by atoms with Crippen LogP contribution in [-0.2, 0) is 0 Å². The Morgan fingerprint density at radius 1 is 1.24 bits per heavy atom. The van der Waals surface area contributed by atoms with E-state index in [1.807, 2.05) is 6.92 Å². The number of carbonyl (C=O) groups is 2. The zero-order valence-electron chi connectivity index (χ0n) is 21.5. The molecule has 0 aliphatic carbocycles. The van der Waals surface area contributed by atoms with E-state index in [1.54, 1.807) is 55.5 Å². The van der Waals surface area contributed by atoms with E-state index >= 15 is 0 Å². The fourth-order valence-corrected chi connectivity index (χ4v) is 4.16. The van der Waals surface area contributed by atoms with Crippen molar-refractivity contribution in [3.63, 3.8) is 0 Å². The molecule has 2 aromatic heterocycles. The van der Waals surface area contributed by atoms with Crippen LogP contribution in [0.3, 0.4) is 0 Å². The lowest BCUT2D eigenvalue weighted by Crippen LogP contribution is -2.50. The molecule has 0 spiro atoms. The second-order valence-electron chi connectivity index (χ2n) is 9.35. The largest absolute Gasteiger partial charge is 0.472 e. The van der Waals surface area contributed by atoms with Crippen molar-refractivity contribution in [2.24, 2.45) is 5.92 Å². The van der Waals surface area contributed by atoms with Crippen LogP contribution in [0, 0.1) is 23.6 Å². The molecule has 3 atom stereocenters. The molecule has 0 radical (unpaired) electrons. The van der Waals surface area contributed by atoms with Crippen molar-refractivity contribution in [1.82, 2.24) is 19.8 Å². The van der Waals surface area contributed by atoms with Crippen LogP contribution in [0.2, 0.25) is 0 Å². The molecule has 1 N–H and O–H groups in total. The molecule has 0 saturated heterocycles. The second-order valence-corrected chi connectivity index (χ2v) is 9.35. The number of aromatic nitrogens is 2. The number of fused-ring (bicyclic) bond motifs is 1. The Morgan fingerprint density at radius 3 is 2.66 bits per heavy atom. The standard InChI is InChI=1S/C29H29FN4O4/c1-19-16-34(20(2)18-35)29(37)24-14-22(9-8-21-10-12-31-13-11-21)15-32-27(24)38-26(19)17-33(3)28(36)23-6-4-5-7-25(23)30/h4-7,10-15,19-20,26,35H,16-18H2,1-3H3/t19-,20+,26+/m1/s1. The first-order chi connectivity index (χ1) is 18.3. The number of likely N-dealkylation sites (N-methyl/N-ethyl adjacent to an activating group) is 1. The van der Waals surface area contributed by atoms with Gasteiger partial charge in [0.2, 0.25) is 5.88 Å². The van der Waals surface area contributed by atoms with E-state index in [4.69, 9.17) is 4.74 Å². The van der Waals surface area contributed by atoms with Crippen molar-refractivity contribution in [1.29, 1.82) is 0 Å². The number of hydrogen-bond donors (Lipinski definition) is 1. The van der Waals surface area contributed by atoms with Crippen LogP contribution < -0.4 is 4.74 Å². The second kappa shape index (κ2) is 11.8. The number of rotatable bonds is 5. The van der Waals surface area contributed by atoms with Gasteiger partial charge >= 0.3 is 0 Å². The minimum Gasteiger partial charge on any atom is -0.472 e. The third kappa shape index (κ3) is 5.98. The molecule has 4 rings (SSSR count). The summed E-state index contributed by atoms with van der Waals surface area (Å²) in [6.45, 7) is 3.85. The van der Waals surface area contributed by atoms with Crippen LogP contribution in [-0.4, -0.2) is 75.6 Å². The van der Waals surface area contributed by atoms with Crippen molar-refractivity contribution in [3.05, 3.63) is 89.1 Å². The minimum absolute atomic E-state index is 0.0323. The van der Waals surface area contributed by atoms with Crippen molar-refractivity contribution in [2.75, 3.05) is 26.7 Å². The van der Waals surface area contributed by atoms with Crippen molar-refractivity contribution >= 4 is 11.8 Å². The van der Waals surface area contributed by atoms with Gasteiger partial charge in [0, 0.05) is 49.2 Å². The molecular formula is C29H29FN4O4. The topological polar surface area (TPSA) is 95.9 Å². The summed E-state index contributed by atoms with van der Waals surface area (Å²) >= 11 is 0. The van der Waals surface area contributed by atoms with E-state index in [-0.39, 0.29) is 48.5 Å². The zero-order valence-corrected chi connectivity index (χ0v) is 21.5. The molecule has 1 aliphatic rings. The van der Waals surface area contributed by atoms with Gasteiger partial charge in [-0.3, -0.25) is 14.6 Å². The van der Waals surface area contributed by atoms with Gasteiger partial charge in [0.1, 0.15) is 17.5 Å². The minimum atomic E-state index is -0.600. The summed E-state index contributed by atoms with van der Waals surface area (Å²) in [6.07, 6.45) is 4.25. The Kier molecular flexibility index (Phi) is 8.34. The van der Waals surface area contributed by atoms with Crippen LogP contribution in [0.5, 0.6) is 5.88 Å². The number of carbonyl (C=O) groups excluding carboxylic acids is 2. The first kappa shape index (κ1) is 26.8. The molecule has 3 aromatic rings. The van der Waals surface area contributed by atoms with Gasteiger partial charge in [0.15, 0.2) is 0 Å². The lowest BCUT2D eigenvalue weighted by atomic mass is 9.99. The molecule has 0 bridgehead atoms. The maximum Gasteiger partial charge on any atom is 0.259 e. The summed E-state index contributed by atoms with van der Waals surface area (Å²) in [7, 11) is 1.58. The van der Waals surface area contributed by atoms with Crippen LogP contribution in [0.4, 0.5) is 4.39 Å². The van der Waals surface area contributed by atoms with Gasteiger partial charge in [-0.25, -0.2) is 9.37 Å². The van der Waals surface area contributed by atoms with Gasteiger partial charge < -0.3 is 19.6 Å². The molecule has 0 unspecified atom stereocenters. The lowest BCUT2D eigenvalue weighted by Gasteiger charge is -2.37. The number of aliphatic hydroxyl groups is 1. The van der Waals surface area contributed by atoms with E-state index in [0.717, 1.165) is 5.56 Å². The molecule has 8 nitrogen and oxygen atoms in total. The van der Waals surface area contributed by atoms with E-state index in [2.05, 4.69) is 21.8 Å². The highest BCUT2D eigenvalue weighted by Crippen LogP contribution is 2.27. The number of pyridine rings is 2. The predicted molar refractivity (Wildman–Crippen MR) is 139 cm³/mol. The molecule has 0 saturated carbocycles. The van der Waals surface area contributed by atoms with Gasteiger partial charge in [-0.2, -0.15) is 0 Å². The van der Waals surface area contributed by atoms with Crippen LogP contribution in [0.25, 0.3) is 0 Å². The number of hydrogen-bond acceptors (Lipinski definition) is 6. The molecule has 1 aliphatic heterocycles. The smallest absolute Gasteiger partial charge is 0.259 e. The highest BCUT2D eigenvalue weighted by atomic mass is 19.1. The Morgan fingerprint density at radius 2 is 1.95 bits per heavy atom. The molecule has 2 amide bonds. The average molecular weight is 517 g/mol. The fraction of sp³-hybridized carbons (Fsp3) is 0.310. The van der Waals surface area contributed by atoms with Gasteiger partial charge in [0.25, 0.3) is 11.8 Å². The van der Waals surface area contributed by atoms with Gasteiger partial charge in [-0.15, -0.1) is 0 Å². The van der Waals surface area contributed by atoms with Crippen LogP contribution in [0.15, 0.2) is 61.1 Å². The monoisotopic (exact) mass is 516 g/mol. The summed E-state index contributed by atoms with van der Waals surface area (Å²) < 4.78 is 20.5. The quantitative estimate of drug-likeness (QED) is 0.524. The number of ether oxygens (including phenoxy) is 1. The van der Waals surface area contributed by atoms with Gasteiger partial charge in [-0.05, 0) is 37.3 Å². The summed E-state index contributed by atoms with van der Waals surface area (Å²) in [4.78, 5) is 37.9. The maximum absolute atomic E-state index is 14.2. The van der Waals surface area contributed by atoms with Gasteiger partial charge in [0.05, 0.1) is 24.8 Å².